The van der Waals surface area contributed by atoms with E-state index in [4.69, 9.17) is 15.0 Å². The maximum absolute atomic E-state index is 12.0. The third-order valence-corrected chi connectivity index (χ3v) is 6.64. The zero-order valence-electron chi connectivity index (χ0n) is 28.2. The van der Waals surface area contributed by atoms with Crippen LogP contribution in [-0.2, 0) is 81.4 Å². The molecule has 3 aromatic rings. The summed E-state index contributed by atoms with van der Waals surface area (Å²) in [6.45, 7) is 8.17. The topological polar surface area (TPSA) is 185 Å². The number of hydrogen-bond donors (Lipinski definition) is 2. The predicted octanol–water partition coefficient (Wildman–Crippen LogP) is 5.05. The fourth-order valence-corrected chi connectivity index (χ4v) is 4.17. The third-order valence-electron chi connectivity index (χ3n) is 6.64. The van der Waals surface area contributed by atoms with E-state index in [0.717, 1.165) is 0 Å². The van der Waals surface area contributed by atoms with Gasteiger partial charge in [0.15, 0.2) is 11.8 Å². The minimum Gasteiger partial charge on any atom is -0.495 e. The van der Waals surface area contributed by atoms with Crippen molar-refractivity contribution in [3.63, 3.8) is 0 Å². The first-order valence-corrected chi connectivity index (χ1v) is 13.1. The number of benzene rings is 2. The summed E-state index contributed by atoms with van der Waals surface area (Å²) < 4.78 is 12.1. The number of nitrogens with zero attached hydrogens (tertiary/aromatic N) is 10. The molecule has 2 radical (unpaired) electrons. The largest absolute Gasteiger partial charge is 0.495 e. The Morgan fingerprint density at radius 2 is 1.40 bits per heavy atom. The number of carbonyl (C=O) groups is 2. The minimum absolute atomic E-state index is 0. The Morgan fingerprint density at radius 1 is 0.940 bits per heavy atom. The van der Waals surface area contributed by atoms with Crippen LogP contribution in [0.5, 0.6) is 0 Å². The smallest absolute Gasteiger partial charge is 0.403 e. The van der Waals surface area contributed by atoms with Crippen LogP contribution in [0.25, 0.3) is 10.4 Å². The van der Waals surface area contributed by atoms with Crippen molar-refractivity contribution in [3.05, 3.63) is 111 Å². The first-order chi connectivity index (χ1) is 21.1. The van der Waals surface area contributed by atoms with E-state index >= 15 is 0 Å². The van der Waals surface area contributed by atoms with Gasteiger partial charge >= 0.3 is 12.2 Å². The first kappa shape index (κ1) is 52.8. The molecule has 0 aliphatic carbocycles. The van der Waals surface area contributed by atoms with Crippen molar-refractivity contribution in [1.29, 1.82) is 0 Å². The Hall–Kier alpha value is -1.58. The summed E-state index contributed by atoms with van der Waals surface area (Å²) >= 11 is 0. The van der Waals surface area contributed by atoms with Crippen molar-refractivity contribution in [1.82, 2.24) is 15.0 Å². The molecule has 2 saturated heterocycles. The van der Waals surface area contributed by atoms with E-state index in [1.54, 1.807) is 67.6 Å². The van der Waals surface area contributed by atoms with Gasteiger partial charge in [-0.1, -0.05) is 33.1 Å². The molecule has 2 aliphatic rings. The number of anilines is 4. The zero-order chi connectivity index (χ0) is 31.8. The molecule has 3 heterocycles. The summed E-state index contributed by atoms with van der Waals surface area (Å²) in [5.41, 5.74) is 10.8. The van der Waals surface area contributed by atoms with Gasteiger partial charge in [0.1, 0.15) is 12.2 Å². The summed E-state index contributed by atoms with van der Waals surface area (Å²) in [6, 6.07) is 16.2. The Kier molecular flexibility index (Phi) is 26.8. The fraction of sp³-hybridized carbons (Fsp3) is 0.267. The molecule has 0 unspecified atom stereocenters. The van der Waals surface area contributed by atoms with Crippen molar-refractivity contribution in [2.75, 3.05) is 53.3 Å². The number of ether oxygens (including phenoxy) is 2. The van der Waals surface area contributed by atoms with Gasteiger partial charge in [-0.25, -0.2) is 14.3 Å². The average Bonchev–Trinajstić information content (AvgIpc) is 3.76. The normalized spacial score (nSPS) is 15.1. The van der Waals surface area contributed by atoms with E-state index in [0.29, 0.717) is 42.4 Å². The maximum Gasteiger partial charge on any atom is 0.403 e. The summed E-state index contributed by atoms with van der Waals surface area (Å²) in [5, 5.41) is 29.7. The van der Waals surface area contributed by atoms with Crippen LogP contribution >= 0.6 is 0 Å². The van der Waals surface area contributed by atoms with Gasteiger partial charge < -0.3 is 54.1 Å². The van der Waals surface area contributed by atoms with Crippen LogP contribution in [0.3, 0.4) is 0 Å². The summed E-state index contributed by atoms with van der Waals surface area (Å²) in [4.78, 5) is 32.3. The first-order valence-electron chi connectivity index (χ1n) is 13.1. The number of aromatic nitrogens is 3. The molecule has 20 heteroatoms. The summed E-state index contributed by atoms with van der Waals surface area (Å²) in [7, 11) is 3.32. The molecule has 2 N–H and O–H groups in total. The molecule has 260 valence electrons. The molecule has 0 saturated carbocycles. The van der Waals surface area contributed by atoms with Gasteiger partial charge in [0.05, 0.1) is 32.4 Å². The monoisotopic (exact) mass is 1290 g/mol. The number of rotatable bonds is 10. The number of azide groups is 1. The third kappa shape index (κ3) is 14.4. The molecule has 5 rings (SSSR count). The average molecular weight is 1290 g/mol. The SMILES string of the molecule is C=C(O)N(C)c1[c-]cc(N2C[C@H](CN=[N+]=[N-])OC2=O)cc1.C=C(O)N(C)c1[c-]cc(N2C[C@H](Cn3ccnn3)OC2=O)cc1.[CH3-].[CH3-].[U].[U].[Y].[Y]. The van der Waals surface area contributed by atoms with Gasteiger partial charge in [0, 0.05) is 153 Å². The van der Waals surface area contributed by atoms with Crippen molar-refractivity contribution < 1.29 is 157 Å². The Labute approximate surface area is 390 Å². The van der Waals surface area contributed by atoms with Crippen LogP contribution in [0.1, 0.15) is 0 Å². The number of cyclic esters (lactones) is 2. The van der Waals surface area contributed by atoms with E-state index in [1.807, 2.05) is 0 Å². The molecule has 2 atom stereocenters. The van der Waals surface area contributed by atoms with E-state index in [9.17, 15) is 19.8 Å². The van der Waals surface area contributed by atoms with Gasteiger partial charge in [0.2, 0.25) is 0 Å². The molecule has 2 aromatic carbocycles. The van der Waals surface area contributed by atoms with Gasteiger partial charge in [-0.2, -0.15) is 24.3 Å². The van der Waals surface area contributed by atoms with Gasteiger partial charge in [-0.05, 0) is 18.7 Å². The van der Waals surface area contributed by atoms with Crippen LogP contribution in [0.15, 0.2) is 78.8 Å². The number of aliphatic hydroxyl groups excluding tert-OH is 2. The minimum atomic E-state index is -0.491. The van der Waals surface area contributed by atoms with Crippen LogP contribution in [-0.4, -0.2) is 83.3 Å². The molecule has 2 fully saturated rings. The summed E-state index contributed by atoms with van der Waals surface area (Å²) in [6.07, 6.45) is 1.66. The molecular formula is C30H36N10O6U2Y2-4. The second-order valence-electron chi connectivity index (χ2n) is 9.59. The van der Waals surface area contributed by atoms with Gasteiger partial charge in [-0.3, -0.25) is 0 Å². The molecule has 0 spiro atoms. The molecule has 2 aliphatic heterocycles. The molecule has 0 bridgehead atoms. The van der Waals surface area contributed by atoms with Crippen molar-refractivity contribution in [2.24, 2.45) is 5.11 Å². The van der Waals surface area contributed by atoms with E-state index in [1.165, 1.54) is 19.6 Å². The molecule has 50 heavy (non-hydrogen) atoms. The Balaban J connectivity index is -0.000000792. The standard InChI is InChI=1S/C15H16N5O3.C13H14N5O3.2CH3.2U.2Y/c1-11(21)18(2)12-3-5-13(6-4-12)20-10-14(23-15(20)22)9-19-8-7-16-17-19;1-9(19)17(2)10-3-5-11(6-4-10)18-8-12(7-15-16-14)21-13(18)20;;;;;;/h3,5-8,14,21H,1,9-10H2,2H3;3,5-6,12,19H,1,7-8H2,2H3;2*1H3;;;;/q4*-1;;;;/t14-;12-;;;;;;/m00....../s1. The predicted molar refractivity (Wildman–Crippen MR) is 173 cm³/mol. The Bertz CT molecular complexity index is 1550. The number of carbonyl (C=O) groups excluding carboxylic acids is 2. The zero-order valence-corrected chi connectivity index (χ0v) is 42.2. The van der Waals surface area contributed by atoms with Crippen LogP contribution in [0.2, 0.25) is 0 Å². The maximum atomic E-state index is 12.0. The van der Waals surface area contributed by atoms with Crippen LogP contribution in [0, 0.1) is 89.2 Å². The molecule has 2 amide bonds. The second-order valence-corrected chi connectivity index (χ2v) is 9.59. The quantitative estimate of drug-likeness (QED) is 0.0916. The molecular weight excluding hydrogens is 1250 g/mol. The van der Waals surface area contributed by atoms with E-state index < -0.39 is 18.3 Å². The number of hydrogen-bond acceptors (Lipinski definition) is 11. The fourth-order valence-electron chi connectivity index (χ4n) is 4.17. The second kappa shape index (κ2) is 25.4. The van der Waals surface area contributed by atoms with E-state index in [-0.39, 0.29) is 167 Å². The van der Waals surface area contributed by atoms with Crippen molar-refractivity contribution in [3.8, 4) is 0 Å². The van der Waals surface area contributed by atoms with Gasteiger partial charge in [0.25, 0.3) is 0 Å². The van der Waals surface area contributed by atoms with Crippen molar-refractivity contribution >= 4 is 34.9 Å². The van der Waals surface area contributed by atoms with Crippen LogP contribution < -0.4 is 19.6 Å². The Morgan fingerprint density at radius 3 is 1.78 bits per heavy atom. The molecule has 16 nitrogen and oxygen atoms in total. The van der Waals surface area contributed by atoms with E-state index in [2.05, 4.69) is 45.6 Å². The van der Waals surface area contributed by atoms with Crippen LogP contribution in [0.4, 0.5) is 32.3 Å². The van der Waals surface area contributed by atoms with Crippen molar-refractivity contribution in [2.45, 2.75) is 18.8 Å². The van der Waals surface area contributed by atoms with Gasteiger partial charge in [-0.15, -0.1) is 29.4 Å². The molecule has 1 aromatic heterocycles. The summed E-state index contributed by atoms with van der Waals surface area (Å²) in [5.74, 6) is -0.184. The number of amides is 2. The number of aliphatic hydroxyl groups is 2.